The zero-order valence-corrected chi connectivity index (χ0v) is 7.62. The van der Waals surface area contributed by atoms with Crippen LogP contribution in [0.1, 0.15) is 12.5 Å². The van der Waals surface area contributed by atoms with Crippen molar-refractivity contribution in [2.24, 2.45) is 5.16 Å². The predicted octanol–water partition coefficient (Wildman–Crippen LogP) is 1.53. The summed E-state index contributed by atoms with van der Waals surface area (Å²) in [6.45, 7) is 1.38. The zero-order chi connectivity index (χ0) is 10.6. The normalized spacial score (nSPS) is 13.6. The van der Waals surface area contributed by atoms with Gasteiger partial charge in [-0.3, -0.25) is 10.1 Å². The van der Waals surface area contributed by atoms with E-state index in [1.807, 2.05) is 0 Å². The topological polar surface area (TPSA) is 75.7 Å². The molecule has 5 heteroatoms. The summed E-state index contributed by atoms with van der Waals surface area (Å²) in [4.78, 5) is 9.99. The Balaban J connectivity index is 3.01. The van der Waals surface area contributed by atoms with Crippen LogP contribution in [-0.2, 0) is 0 Å². The molecule has 74 valence electrons. The van der Waals surface area contributed by atoms with Gasteiger partial charge < -0.3 is 5.21 Å². The molecule has 0 heterocycles. The van der Waals surface area contributed by atoms with Gasteiger partial charge in [0.1, 0.15) is 0 Å². The SMILES string of the molecule is CC(/C(=N\O)c1ccccc1)[N+](=O)[O-]. The Morgan fingerprint density at radius 1 is 1.50 bits per heavy atom. The maximum Gasteiger partial charge on any atom is 0.255 e. The molecule has 0 aliphatic carbocycles. The lowest BCUT2D eigenvalue weighted by Crippen LogP contribution is -2.26. The first-order valence-corrected chi connectivity index (χ1v) is 4.07. The largest absolute Gasteiger partial charge is 0.410 e. The Labute approximate surface area is 80.8 Å². The number of hydrogen-bond donors (Lipinski definition) is 1. The van der Waals surface area contributed by atoms with E-state index in [2.05, 4.69) is 5.16 Å². The van der Waals surface area contributed by atoms with Crippen LogP contribution in [0.3, 0.4) is 0 Å². The fourth-order valence-electron chi connectivity index (χ4n) is 1.09. The van der Waals surface area contributed by atoms with Gasteiger partial charge >= 0.3 is 0 Å². The first-order valence-electron chi connectivity index (χ1n) is 4.07. The molecule has 0 aliphatic rings. The van der Waals surface area contributed by atoms with Gasteiger partial charge in [-0.05, 0) is 0 Å². The van der Waals surface area contributed by atoms with Crippen LogP contribution in [0.25, 0.3) is 0 Å². The van der Waals surface area contributed by atoms with Crippen molar-refractivity contribution < 1.29 is 10.1 Å². The second kappa shape index (κ2) is 4.36. The number of rotatable bonds is 3. The summed E-state index contributed by atoms with van der Waals surface area (Å²) in [6.07, 6.45) is 0. The molecule has 1 atom stereocenters. The van der Waals surface area contributed by atoms with Crippen molar-refractivity contribution in [2.45, 2.75) is 13.0 Å². The standard InChI is InChI=1S/C9H10N2O3/c1-7(11(13)14)9(10-12)8-5-3-2-4-6-8/h2-7,12H,1H3/b10-9+. The van der Waals surface area contributed by atoms with Crippen molar-refractivity contribution in [1.29, 1.82) is 0 Å². The molecule has 0 aliphatic heterocycles. The van der Waals surface area contributed by atoms with Crippen LogP contribution in [-0.4, -0.2) is 21.9 Å². The summed E-state index contributed by atoms with van der Waals surface area (Å²) in [7, 11) is 0. The van der Waals surface area contributed by atoms with E-state index in [-0.39, 0.29) is 5.71 Å². The van der Waals surface area contributed by atoms with Gasteiger partial charge in [0.2, 0.25) is 0 Å². The second-order valence-corrected chi connectivity index (χ2v) is 2.81. The van der Waals surface area contributed by atoms with E-state index in [1.165, 1.54) is 6.92 Å². The van der Waals surface area contributed by atoms with E-state index in [1.54, 1.807) is 30.3 Å². The highest BCUT2D eigenvalue weighted by Crippen LogP contribution is 2.06. The molecule has 1 aromatic rings. The minimum atomic E-state index is -1.01. The third-order valence-corrected chi connectivity index (χ3v) is 1.89. The fraction of sp³-hybridized carbons (Fsp3) is 0.222. The van der Waals surface area contributed by atoms with Crippen molar-refractivity contribution in [3.05, 3.63) is 46.0 Å². The molecule has 1 aromatic carbocycles. The molecule has 0 aromatic heterocycles. The third kappa shape index (κ3) is 2.07. The van der Waals surface area contributed by atoms with Crippen LogP contribution in [0.5, 0.6) is 0 Å². The van der Waals surface area contributed by atoms with Gasteiger partial charge in [-0.1, -0.05) is 35.5 Å². The lowest BCUT2D eigenvalue weighted by Gasteiger charge is -2.05. The molecule has 0 amide bonds. The van der Waals surface area contributed by atoms with Gasteiger partial charge in [-0.15, -0.1) is 0 Å². The Morgan fingerprint density at radius 2 is 2.07 bits per heavy atom. The van der Waals surface area contributed by atoms with Crippen molar-refractivity contribution in [3.8, 4) is 0 Å². The van der Waals surface area contributed by atoms with E-state index < -0.39 is 11.0 Å². The van der Waals surface area contributed by atoms with E-state index in [4.69, 9.17) is 5.21 Å². The van der Waals surface area contributed by atoms with Crippen molar-refractivity contribution >= 4 is 5.71 Å². The highest BCUT2D eigenvalue weighted by Gasteiger charge is 2.23. The highest BCUT2D eigenvalue weighted by atomic mass is 16.6. The first-order chi connectivity index (χ1) is 6.66. The monoisotopic (exact) mass is 194 g/mol. The zero-order valence-electron chi connectivity index (χ0n) is 7.62. The number of nitro groups is 1. The van der Waals surface area contributed by atoms with Crippen LogP contribution in [0.2, 0.25) is 0 Å². The van der Waals surface area contributed by atoms with E-state index in [0.717, 1.165) is 0 Å². The Bertz CT molecular complexity index is 348. The van der Waals surface area contributed by atoms with Crippen LogP contribution in [0.4, 0.5) is 0 Å². The Kier molecular flexibility index (Phi) is 3.17. The van der Waals surface area contributed by atoms with E-state index in [0.29, 0.717) is 5.56 Å². The fourth-order valence-corrected chi connectivity index (χ4v) is 1.09. The summed E-state index contributed by atoms with van der Waals surface area (Å²) in [5, 5.41) is 22.1. The number of oxime groups is 1. The first kappa shape index (κ1) is 10.2. The van der Waals surface area contributed by atoms with E-state index in [9.17, 15) is 10.1 Å². The quantitative estimate of drug-likeness (QED) is 0.343. The number of hydrogen-bond acceptors (Lipinski definition) is 4. The molecule has 1 unspecified atom stereocenters. The lowest BCUT2D eigenvalue weighted by molar-refractivity contribution is -0.498. The van der Waals surface area contributed by atoms with Crippen LogP contribution >= 0.6 is 0 Å². The predicted molar refractivity (Wildman–Crippen MR) is 51.2 cm³/mol. The van der Waals surface area contributed by atoms with E-state index >= 15 is 0 Å². The maximum atomic E-state index is 10.5. The van der Waals surface area contributed by atoms with Crippen LogP contribution in [0.15, 0.2) is 35.5 Å². The number of nitrogens with zero attached hydrogens (tertiary/aromatic N) is 2. The Hall–Kier alpha value is -1.91. The van der Waals surface area contributed by atoms with Gasteiger partial charge in [0.05, 0.1) is 0 Å². The molecule has 14 heavy (non-hydrogen) atoms. The molecule has 0 radical (unpaired) electrons. The average Bonchev–Trinajstić information content (AvgIpc) is 2.20. The molecule has 0 spiro atoms. The minimum absolute atomic E-state index is 0.0654. The molecule has 0 saturated carbocycles. The van der Waals surface area contributed by atoms with Crippen LogP contribution in [0, 0.1) is 10.1 Å². The minimum Gasteiger partial charge on any atom is -0.410 e. The second-order valence-electron chi connectivity index (χ2n) is 2.81. The highest BCUT2D eigenvalue weighted by molar-refractivity contribution is 6.02. The molecular formula is C9H10N2O3. The van der Waals surface area contributed by atoms with Crippen LogP contribution < -0.4 is 0 Å². The van der Waals surface area contributed by atoms with Crippen molar-refractivity contribution in [3.63, 3.8) is 0 Å². The molecule has 0 fully saturated rings. The third-order valence-electron chi connectivity index (χ3n) is 1.89. The smallest absolute Gasteiger partial charge is 0.255 e. The number of benzene rings is 1. The average molecular weight is 194 g/mol. The molecule has 1 N–H and O–H groups in total. The van der Waals surface area contributed by atoms with Crippen molar-refractivity contribution in [2.75, 3.05) is 0 Å². The molecule has 5 nitrogen and oxygen atoms in total. The molecule has 0 saturated heterocycles. The van der Waals surface area contributed by atoms with Gasteiger partial charge in [0, 0.05) is 17.4 Å². The van der Waals surface area contributed by atoms with Crippen molar-refractivity contribution in [1.82, 2.24) is 0 Å². The van der Waals surface area contributed by atoms with Gasteiger partial charge in [0.15, 0.2) is 5.71 Å². The summed E-state index contributed by atoms with van der Waals surface area (Å²) in [5.41, 5.74) is 0.620. The summed E-state index contributed by atoms with van der Waals surface area (Å²) in [5.74, 6) is 0. The summed E-state index contributed by atoms with van der Waals surface area (Å²) >= 11 is 0. The lowest BCUT2D eigenvalue weighted by atomic mass is 10.1. The maximum absolute atomic E-state index is 10.5. The molecule has 0 bridgehead atoms. The molecular weight excluding hydrogens is 184 g/mol. The van der Waals surface area contributed by atoms with Gasteiger partial charge in [-0.25, -0.2) is 0 Å². The Morgan fingerprint density at radius 3 is 2.50 bits per heavy atom. The summed E-state index contributed by atoms with van der Waals surface area (Å²) < 4.78 is 0. The molecule has 1 rings (SSSR count). The van der Waals surface area contributed by atoms with Gasteiger partial charge in [0.25, 0.3) is 6.04 Å². The van der Waals surface area contributed by atoms with Gasteiger partial charge in [-0.2, -0.15) is 0 Å². The summed E-state index contributed by atoms with van der Waals surface area (Å²) in [6, 6.07) is 7.56.